The van der Waals surface area contributed by atoms with E-state index >= 15 is 0 Å². The predicted octanol–water partition coefficient (Wildman–Crippen LogP) is 16.9. The molecule has 0 bridgehead atoms. The number of hydrogen-bond acceptors (Lipinski definition) is 4. The minimum atomic E-state index is 0.583. The maximum Gasteiger partial charge on any atom is 0.143 e. The molecule has 0 aliphatic carbocycles. The first kappa shape index (κ1) is 38.5. The Morgan fingerprint density at radius 3 is 1.08 bits per heavy atom. The number of para-hydroxylation sites is 4. The van der Waals surface area contributed by atoms with Crippen LogP contribution in [-0.2, 0) is 0 Å². The van der Waals surface area contributed by atoms with Crippen LogP contribution in [-0.4, -0.2) is 0 Å². The van der Waals surface area contributed by atoms with E-state index in [1.807, 2.05) is 91.0 Å². The zero-order chi connectivity index (χ0) is 44.1. The number of fused-ring (bicyclic) bond motifs is 6. The van der Waals surface area contributed by atoms with Gasteiger partial charge in [-0.05, 0) is 110 Å². The lowest BCUT2D eigenvalue weighted by atomic mass is 9.90. The number of nitrogens with zero attached hydrogens (tertiary/aromatic N) is 2. The van der Waals surface area contributed by atoms with E-state index in [4.69, 9.17) is 8.83 Å². The number of nitriles is 2. The van der Waals surface area contributed by atoms with E-state index in [1.165, 1.54) is 0 Å². The largest absolute Gasteiger partial charge is 0.455 e. The lowest BCUT2D eigenvalue weighted by Gasteiger charge is -2.14. The summed E-state index contributed by atoms with van der Waals surface area (Å²) in [5.74, 6) is 0. The summed E-state index contributed by atoms with van der Waals surface area (Å²) in [6.07, 6.45) is 0. The Bertz CT molecular complexity index is 3730. The SMILES string of the molecule is N#Cc1cc(-c2cccc(-c3cc(-c4ccccc4)cc(-c4cccc(-c5ccc(-c6cccc7c6oc6ccccc67)c(C#N)c5)c4)c3)c2)ccc1-c1cccc2c1oc1ccccc12. The predicted molar refractivity (Wildman–Crippen MR) is 268 cm³/mol. The average Bonchev–Trinajstić information content (AvgIpc) is 3.97. The highest BCUT2D eigenvalue weighted by Crippen LogP contribution is 2.41. The Hall–Kier alpha value is -9.22. The molecule has 2 aromatic heterocycles. The van der Waals surface area contributed by atoms with Gasteiger partial charge >= 0.3 is 0 Å². The molecule has 0 amide bonds. The van der Waals surface area contributed by atoms with Crippen LogP contribution in [0.15, 0.2) is 227 Å². The molecule has 12 aromatic rings. The van der Waals surface area contributed by atoms with Gasteiger partial charge in [0, 0.05) is 43.8 Å². The number of benzene rings is 10. The lowest BCUT2D eigenvalue weighted by Crippen LogP contribution is -1.90. The Morgan fingerprint density at radius 1 is 0.258 bits per heavy atom. The topological polar surface area (TPSA) is 73.9 Å². The second-order valence-corrected chi connectivity index (χ2v) is 16.6. The van der Waals surface area contributed by atoms with Crippen LogP contribution < -0.4 is 0 Å². The Kier molecular flexibility index (Phi) is 9.23. The molecule has 12 rings (SSSR count). The van der Waals surface area contributed by atoms with Crippen molar-refractivity contribution in [3.05, 3.63) is 230 Å². The van der Waals surface area contributed by atoms with Crippen LogP contribution in [0.5, 0.6) is 0 Å². The highest BCUT2D eigenvalue weighted by molar-refractivity contribution is 6.11. The van der Waals surface area contributed by atoms with Gasteiger partial charge in [0.15, 0.2) is 0 Å². The van der Waals surface area contributed by atoms with Crippen molar-refractivity contribution in [2.45, 2.75) is 0 Å². The molecule has 306 valence electrons. The highest BCUT2D eigenvalue weighted by Gasteiger charge is 2.18. The molecule has 4 nitrogen and oxygen atoms in total. The van der Waals surface area contributed by atoms with Crippen molar-refractivity contribution in [1.82, 2.24) is 0 Å². The van der Waals surface area contributed by atoms with Crippen LogP contribution in [0.4, 0.5) is 0 Å². The summed E-state index contributed by atoms with van der Waals surface area (Å²) in [4.78, 5) is 0. The fraction of sp³-hybridized carbons (Fsp3) is 0. The molecule has 0 fully saturated rings. The van der Waals surface area contributed by atoms with Crippen molar-refractivity contribution in [2.24, 2.45) is 0 Å². The lowest BCUT2D eigenvalue weighted by molar-refractivity contribution is 0.669. The quantitative estimate of drug-likeness (QED) is 0.160. The van der Waals surface area contributed by atoms with Gasteiger partial charge < -0.3 is 8.83 Å². The molecule has 0 atom stereocenters. The molecular weight excluding hydrogens is 805 g/mol. The summed E-state index contributed by atoms with van der Waals surface area (Å²) in [5, 5.41) is 25.2. The van der Waals surface area contributed by atoms with Gasteiger partial charge in [-0.15, -0.1) is 0 Å². The maximum absolute atomic E-state index is 10.5. The summed E-state index contributed by atoms with van der Waals surface area (Å²) >= 11 is 0. The van der Waals surface area contributed by atoms with Gasteiger partial charge in [0.1, 0.15) is 22.3 Å². The molecule has 2 heterocycles. The van der Waals surface area contributed by atoms with E-state index < -0.39 is 0 Å². The fourth-order valence-electron chi connectivity index (χ4n) is 9.54. The number of hydrogen-bond donors (Lipinski definition) is 0. The molecule has 0 unspecified atom stereocenters. The van der Waals surface area contributed by atoms with E-state index in [0.29, 0.717) is 11.1 Å². The van der Waals surface area contributed by atoms with Gasteiger partial charge in [-0.1, -0.05) is 164 Å². The number of furan rings is 2. The van der Waals surface area contributed by atoms with E-state index in [1.54, 1.807) is 0 Å². The van der Waals surface area contributed by atoms with Crippen molar-refractivity contribution >= 4 is 43.9 Å². The standard InChI is InChI=1S/C62H36N2O2/c63-37-49-32-44(26-28-51(49)55-20-10-22-57-53-18-4-6-24-59(53)65-61(55)57)40-14-8-16-42(30-40)47-34-46(39-12-2-1-3-13-39)35-48(36-47)43-17-9-15-41(31-43)45-27-29-52(50(33-45)38-64)56-21-11-23-58-54-19-5-7-25-60(54)66-62(56)58/h1-36H. The first-order valence-electron chi connectivity index (χ1n) is 21.9. The smallest absolute Gasteiger partial charge is 0.143 e. The highest BCUT2D eigenvalue weighted by atomic mass is 16.3. The summed E-state index contributed by atoms with van der Waals surface area (Å²) in [6, 6.07) is 79.8. The molecule has 0 saturated carbocycles. The maximum atomic E-state index is 10.5. The minimum Gasteiger partial charge on any atom is -0.455 e. The monoisotopic (exact) mass is 840 g/mol. The normalized spacial score (nSPS) is 11.3. The molecule has 0 spiro atoms. The van der Waals surface area contributed by atoms with Crippen LogP contribution in [0.2, 0.25) is 0 Å². The van der Waals surface area contributed by atoms with E-state index in [2.05, 4.69) is 140 Å². The van der Waals surface area contributed by atoms with E-state index in [-0.39, 0.29) is 0 Å². The van der Waals surface area contributed by atoms with Crippen LogP contribution in [0.3, 0.4) is 0 Å². The van der Waals surface area contributed by atoms with Crippen LogP contribution in [0, 0.1) is 22.7 Å². The van der Waals surface area contributed by atoms with Gasteiger partial charge in [0.05, 0.1) is 23.3 Å². The van der Waals surface area contributed by atoms with Crippen molar-refractivity contribution in [3.8, 4) is 90.0 Å². The summed E-state index contributed by atoms with van der Waals surface area (Å²) in [7, 11) is 0. The third-order valence-corrected chi connectivity index (χ3v) is 12.8. The van der Waals surface area contributed by atoms with Crippen molar-refractivity contribution in [1.29, 1.82) is 10.5 Å². The molecule has 0 N–H and O–H groups in total. The van der Waals surface area contributed by atoms with Crippen molar-refractivity contribution < 1.29 is 8.83 Å². The zero-order valence-corrected chi connectivity index (χ0v) is 35.5. The van der Waals surface area contributed by atoms with Crippen LogP contribution in [0.25, 0.3) is 122 Å². The molecule has 4 heteroatoms. The first-order valence-corrected chi connectivity index (χ1v) is 21.9. The second-order valence-electron chi connectivity index (χ2n) is 16.6. The van der Waals surface area contributed by atoms with Crippen molar-refractivity contribution in [3.63, 3.8) is 0 Å². The Labute approximate surface area is 381 Å². The molecule has 0 aliphatic heterocycles. The second kappa shape index (κ2) is 15.8. The van der Waals surface area contributed by atoms with Crippen LogP contribution in [0.1, 0.15) is 11.1 Å². The van der Waals surface area contributed by atoms with Gasteiger partial charge in [0.25, 0.3) is 0 Å². The molecule has 66 heavy (non-hydrogen) atoms. The summed E-state index contributed by atoms with van der Waals surface area (Å²) in [5.41, 5.74) is 18.3. The Morgan fingerprint density at radius 2 is 0.606 bits per heavy atom. The van der Waals surface area contributed by atoms with E-state index in [0.717, 1.165) is 122 Å². The fourth-order valence-corrected chi connectivity index (χ4v) is 9.54. The van der Waals surface area contributed by atoms with Gasteiger partial charge in [-0.2, -0.15) is 10.5 Å². The van der Waals surface area contributed by atoms with Gasteiger partial charge in [-0.25, -0.2) is 0 Å². The Balaban J connectivity index is 0.912. The van der Waals surface area contributed by atoms with E-state index in [9.17, 15) is 10.5 Å². The van der Waals surface area contributed by atoms with Gasteiger partial charge in [-0.3, -0.25) is 0 Å². The average molecular weight is 841 g/mol. The third kappa shape index (κ3) is 6.61. The molecule has 0 radical (unpaired) electrons. The van der Waals surface area contributed by atoms with Crippen molar-refractivity contribution in [2.75, 3.05) is 0 Å². The molecule has 10 aromatic carbocycles. The number of rotatable bonds is 7. The zero-order valence-electron chi connectivity index (χ0n) is 35.5. The first-order chi connectivity index (χ1) is 32.6. The molecular formula is C62H36N2O2. The molecule has 0 aliphatic rings. The summed E-state index contributed by atoms with van der Waals surface area (Å²) < 4.78 is 12.7. The minimum absolute atomic E-state index is 0.583. The van der Waals surface area contributed by atoms with Crippen LogP contribution >= 0.6 is 0 Å². The third-order valence-electron chi connectivity index (χ3n) is 12.8. The van der Waals surface area contributed by atoms with Gasteiger partial charge in [0.2, 0.25) is 0 Å². The summed E-state index contributed by atoms with van der Waals surface area (Å²) in [6.45, 7) is 0. The molecule has 0 saturated heterocycles.